The normalized spacial score (nSPS) is 14.1. The lowest BCUT2D eigenvalue weighted by molar-refractivity contribution is -0.161. The molecule has 0 aromatic rings. The van der Waals surface area contributed by atoms with Crippen LogP contribution in [0.2, 0.25) is 0 Å². The van der Waals surface area contributed by atoms with Crippen molar-refractivity contribution in [2.24, 2.45) is 5.92 Å². The van der Waals surface area contributed by atoms with Gasteiger partial charge in [0, 0.05) is 12.8 Å². The molecular weight excluding hydrogens is 755 g/mol. The number of hydrogen-bond acceptors (Lipinski definition) is 8. The van der Waals surface area contributed by atoms with Gasteiger partial charge >= 0.3 is 19.8 Å². The summed E-state index contributed by atoms with van der Waals surface area (Å²) in [4.78, 5) is 43.0. The molecule has 58 heavy (non-hydrogen) atoms. The van der Waals surface area contributed by atoms with E-state index >= 15 is 0 Å². The summed E-state index contributed by atoms with van der Waals surface area (Å²) in [5.74, 6) is -0.280. The first kappa shape index (κ1) is 55.9. The number of aliphatic hydroxyl groups excluding tert-OH is 2. The second-order valence-electron chi connectivity index (χ2n) is 16.3. The summed E-state index contributed by atoms with van der Waals surface area (Å²) < 4.78 is 26.3. The highest BCUT2D eigenvalue weighted by atomic mass is 31.2. The van der Waals surface area contributed by atoms with Crippen LogP contribution in [-0.2, 0) is 28.2 Å². The number of aliphatic hydroxyl groups is 2. The number of rotatable bonds is 41. The summed E-state index contributed by atoms with van der Waals surface area (Å²) in [7, 11) is -4.83. The first-order valence-electron chi connectivity index (χ1n) is 23.0. The fourth-order valence-electron chi connectivity index (χ4n) is 6.46. The third kappa shape index (κ3) is 43.5. The van der Waals surface area contributed by atoms with Gasteiger partial charge in [-0.25, -0.2) is 4.57 Å². The van der Waals surface area contributed by atoms with Gasteiger partial charge < -0.3 is 29.5 Å². The Kier molecular flexibility index (Phi) is 38.9. The van der Waals surface area contributed by atoms with Gasteiger partial charge in [-0.15, -0.1) is 0 Å². The first-order chi connectivity index (χ1) is 27.9. The summed E-state index contributed by atoms with van der Waals surface area (Å²) in [5, 5.41) is 20.2. The Labute approximate surface area is 353 Å². The Balaban J connectivity index is 4.07. The molecule has 0 aromatic carbocycles. The van der Waals surface area contributed by atoms with Crippen molar-refractivity contribution in [1.82, 2.24) is 0 Å². The van der Waals surface area contributed by atoms with Gasteiger partial charge in [-0.05, 0) is 44.4 Å². The van der Waals surface area contributed by atoms with Gasteiger partial charge in [-0.1, -0.05) is 198 Å². The van der Waals surface area contributed by atoms with Crippen LogP contribution in [-0.4, -0.2) is 63.5 Å². The van der Waals surface area contributed by atoms with Crippen LogP contribution in [0, 0.1) is 5.92 Å². The van der Waals surface area contributed by atoms with Crippen LogP contribution in [0.5, 0.6) is 0 Å². The quantitative estimate of drug-likeness (QED) is 0.0153. The minimum absolute atomic E-state index is 0.0478. The fraction of sp³-hybridized carbons (Fsp3) is 0.787. The fourth-order valence-corrected chi connectivity index (χ4v) is 6.82. The maximum Gasteiger partial charge on any atom is 0.469 e. The molecular formula is C47H85O10P. The lowest BCUT2D eigenvalue weighted by Gasteiger charge is -2.18. The van der Waals surface area contributed by atoms with E-state index in [-0.39, 0.29) is 25.9 Å². The van der Waals surface area contributed by atoms with Gasteiger partial charge in [0.1, 0.15) is 6.61 Å². The highest BCUT2D eigenvalue weighted by molar-refractivity contribution is 7.46. The molecule has 0 aliphatic carbocycles. The van der Waals surface area contributed by atoms with Crippen molar-refractivity contribution in [3.63, 3.8) is 0 Å². The minimum Gasteiger partial charge on any atom is -0.462 e. The van der Waals surface area contributed by atoms with Gasteiger partial charge in [0.05, 0.1) is 18.8 Å². The monoisotopic (exact) mass is 841 g/mol. The second kappa shape index (κ2) is 40.3. The first-order valence-corrected chi connectivity index (χ1v) is 24.5. The largest absolute Gasteiger partial charge is 0.469 e. The highest BCUT2D eigenvalue weighted by Gasteiger charge is 2.23. The van der Waals surface area contributed by atoms with Crippen molar-refractivity contribution in [2.75, 3.05) is 13.2 Å². The second-order valence-corrected chi connectivity index (χ2v) is 17.5. The van der Waals surface area contributed by atoms with Gasteiger partial charge in [0.15, 0.2) is 6.10 Å². The van der Waals surface area contributed by atoms with E-state index in [4.69, 9.17) is 19.3 Å². The average molecular weight is 841 g/mol. The van der Waals surface area contributed by atoms with Crippen LogP contribution in [0.4, 0.5) is 0 Å². The standard InChI is InChI=1S/C47H85O10P/c1-4-5-6-7-23-28-34-43(48)35-29-25-26-30-36-44(49)37-32-39-47(51)57-45(41-56-58(52,53)54)40-55-46(50)38-31-24-21-19-17-15-13-11-9-8-10-12-14-16-18-20-22-27-33-42(2)3/h23,25-26,28-30,35-36,42-45,48-49H,4-22,24,27,31-34,37-41H2,1-3H3,(H2,52,53,54)/b26-25+,28-23-,35-29+,36-30-/t43-,44-,45+/m0/s1. The van der Waals surface area contributed by atoms with Crippen molar-refractivity contribution >= 4 is 19.8 Å². The highest BCUT2D eigenvalue weighted by Crippen LogP contribution is 2.36. The van der Waals surface area contributed by atoms with Crippen LogP contribution in [0.25, 0.3) is 0 Å². The number of carbonyl (C=O) groups is 2. The van der Waals surface area contributed by atoms with Crippen LogP contribution in [0.3, 0.4) is 0 Å². The van der Waals surface area contributed by atoms with E-state index in [0.717, 1.165) is 31.6 Å². The third-order valence-electron chi connectivity index (χ3n) is 9.97. The smallest absolute Gasteiger partial charge is 0.462 e. The Bertz CT molecular complexity index is 1130. The van der Waals surface area contributed by atoms with Crippen LogP contribution in [0.15, 0.2) is 48.6 Å². The molecule has 0 rings (SSSR count). The topological polar surface area (TPSA) is 160 Å². The van der Waals surface area contributed by atoms with E-state index in [1.165, 1.54) is 116 Å². The number of carbonyl (C=O) groups excluding carboxylic acids is 2. The molecule has 0 aliphatic heterocycles. The lowest BCUT2D eigenvalue weighted by Crippen LogP contribution is -2.29. The number of allylic oxidation sites excluding steroid dienone is 5. The maximum absolute atomic E-state index is 12.4. The van der Waals surface area contributed by atoms with Crippen molar-refractivity contribution in [3.8, 4) is 0 Å². The molecule has 0 heterocycles. The maximum atomic E-state index is 12.4. The molecule has 0 unspecified atom stereocenters. The zero-order valence-electron chi connectivity index (χ0n) is 36.8. The number of hydrogen-bond donors (Lipinski definition) is 4. The summed E-state index contributed by atoms with van der Waals surface area (Å²) in [5.41, 5.74) is 0. The molecule has 4 N–H and O–H groups in total. The van der Waals surface area contributed by atoms with Crippen LogP contribution < -0.4 is 0 Å². The van der Waals surface area contributed by atoms with E-state index in [2.05, 4.69) is 31.4 Å². The number of phosphoric ester groups is 1. The molecule has 0 spiro atoms. The van der Waals surface area contributed by atoms with Crippen LogP contribution >= 0.6 is 7.82 Å². The average Bonchev–Trinajstić information content (AvgIpc) is 3.17. The number of phosphoric acid groups is 1. The van der Waals surface area contributed by atoms with E-state index in [0.29, 0.717) is 19.3 Å². The zero-order chi connectivity index (χ0) is 43.0. The van der Waals surface area contributed by atoms with Crippen LogP contribution in [0.1, 0.15) is 201 Å². The lowest BCUT2D eigenvalue weighted by atomic mass is 10.0. The van der Waals surface area contributed by atoms with Gasteiger partial charge in [-0.3, -0.25) is 14.1 Å². The molecule has 11 heteroatoms. The summed E-state index contributed by atoms with van der Waals surface area (Å²) in [6.07, 6.45) is 41.8. The molecule has 0 fully saturated rings. The van der Waals surface area contributed by atoms with E-state index in [1.54, 1.807) is 36.5 Å². The molecule has 0 saturated carbocycles. The molecule has 0 aromatic heterocycles. The Morgan fingerprint density at radius 1 is 0.569 bits per heavy atom. The van der Waals surface area contributed by atoms with E-state index in [1.807, 2.05) is 6.08 Å². The number of unbranched alkanes of at least 4 members (excludes halogenated alkanes) is 20. The molecule has 0 aliphatic rings. The van der Waals surface area contributed by atoms with Crippen molar-refractivity contribution < 1.29 is 48.2 Å². The predicted molar refractivity (Wildman–Crippen MR) is 237 cm³/mol. The van der Waals surface area contributed by atoms with Crippen molar-refractivity contribution in [3.05, 3.63) is 48.6 Å². The van der Waals surface area contributed by atoms with Crippen molar-refractivity contribution in [2.45, 2.75) is 219 Å². The minimum atomic E-state index is -4.83. The molecule has 338 valence electrons. The number of esters is 2. The Hall–Kier alpha value is -2.07. The van der Waals surface area contributed by atoms with Gasteiger partial charge in [0.2, 0.25) is 0 Å². The van der Waals surface area contributed by atoms with Gasteiger partial charge in [0.25, 0.3) is 0 Å². The SMILES string of the molecule is CCCCC/C=C\C[C@H](O)/C=C/C=C/C=C\[C@H](O)CCCC(=O)O[C@H](COC(=O)CCCCCCCCCCCCCCCCCCCCC(C)C)COP(=O)(O)O. The number of ether oxygens (including phenoxy) is 2. The summed E-state index contributed by atoms with van der Waals surface area (Å²) >= 11 is 0. The molecule has 10 nitrogen and oxygen atoms in total. The third-order valence-corrected chi connectivity index (χ3v) is 10.5. The molecule has 0 amide bonds. The molecule has 0 radical (unpaired) electrons. The molecule has 3 atom stereocenters. The Morgan fingerprint density at radius 3 is 1.59 bits per heavy atom. The summed E-state index contributed by atoms with van der Waals surface area (Å²) in [6, 6.07) is 0. The molecule has 0 bridgehead atoms. The predicted octanol–water partition coefficient (Wildman–Crippen LogP) is 12.1. The van der Waals surface area contributed by atoms with Gasteiger partial charge in [-0.2, -0.15) is 0 Å². The zero-order valence-corrected chi connectivity index (χ0v) is 37.7. The molecule has 0 saturated heterocycles. The Morgan fingerprint density at radius 2 is 1.07 bits per heavy atom. The summed E-state index contributed by atoms with van der Waals surface area (Å²) in [6.45, 7) is 5.79. The van der Waals surface area contributed by atoms with Crippen molar-refractivity contribution in [1.29, 1.82) is 0 Å². The van der Waals surface area contributed by atoms with E-state index in [9.17, 15) is 24.4 Å². The van der Waals surface area contributed by atoms with E-state index < -0.39 is 44.7 Å².